The van der Waals surface area contributed by atoms with E-state index in [0.29, 0.717) is 0 Å². The molecule has 1 N–H and O–H groups in total. The van der Waals surface area contributed by atoms with Gasteiger partial charge in [0.15, 0.2) is 11.6 Å². The minimum Gasteiger partial charge on any atom is -0.494 e. The Morgan fingerprint density at radius 1 is 1.38 bits per heavy atom. The Morgan fingerprint density at radius 3 is 2.76 bits per heavy atom. The van der Waals surface area contributed by atoms with Gasteiger partial charge in [-0.3, -0.25) is 0 Å². The summed E-state index contributed by atoms with van der Waals surface area (Å²) in [6.45, 7) is 3.03. The summed E-state index contributed by atoms with van der Waals surface area (Å²) in [5.74, 6) is -0.0335. The number of ether oxygens (including phenoxy) is 1. The van der Waals surface area contributed by atoms with Crippen LogP contribution in [0.25, 0.3) is 0 Å². The van der Waals surface area contributed by atoms with E-state index in [1.165, 1.54) is 12.0 Å². The van der Waals surface area contributed by atoms with Crippen molar-refractivity contribution in [3.8, 4) is 5.75 Å². The molecule has 0 aliphatic rings. The van der Waals surface area contributed by atoms with Crippen LogP contribution in [0.1, 0.15) is 29.8 Å². The van der Waals surface area contributed by atoms with Gasteiger partial charge in [-0.1, -0.05) is 13.0 Å². The van der Waals surface area contributed by atoms with Crippen molar-refractivity contribution >= 4 is 27.3 Å². The quantitative estimate of drug-likeness (QED) is 0.743. The molecule has 5 heteroatoms. The molecule has 0 aliphatic carbocycles. The zero-order valence-corrected chi connectivity index (χ0v) is 14.6. The molecule has 114 valence electrons. The van der Waals surface area contributed by atoms with Crippen LogP contribution in [0.2, 0.25) is 0 Å². The highest BCUT2D eigenvalue weighted by molar-refractivity contribution is 9.10. The Bertz CT molecular complexity index is 587. The van der Waals surface area contributed by atoms with Crippen LogP contribution in [0.3, 0.4) is 0 Å². The molecule has 0 radical (unpaired) electrons. The predicted molar refractivity (Wildman–Crippen MR) is 89.7 cm³/mol. The molecule has 0 fully saturated rings. The summed E-state index contributed by atoms with van der Waals surface area (Å²) in [6.07, 6.45) is 1.88. The van der Waals surface area contributed by atoms with Gasteiger partial charge < -0.3 is 10.1 Å². The summed E-state index contributed by atoms with van der Waals surface area (Å²) in [4.78, 5) is 1.26. The highest BCUT2D eigenvalue weighted by Gasteiger charge is 2.16. The van der Waals surface area contributed by atoms with Crippen molar-refractivity contribution in [2.75, 3.05) is 13.7 Å². The van der Waals surface area contributed by atoms with Gasteiger partial charge in [-0.15, -0.1) is 11.3 Å². The lowest BCUT2D eigenvalue weighted by atomic mass is 10.0. The number of hydrogen-bond donors (Lipinski definition) is 1. The zero-order chi connectivity index (χ0) is 15.2. The third kappa shape index (κ3) is 4.28. The van der Waals surface area contributed by atoms with Gasteiger partial charge >= 0.3 is 0 Å². The van der Waals surface area contributed by atoms with Crippen LogP contribution in [0.15, 0.2) is 34.1 Å². The minimum atomic E-state index is -0.316. The molecule has 2 nitrogen and oxygen atoms in total. The molecule has 2 rings (SSSR count). The fraction of sp³-hybridized carbons (Fsp3) is 0.375. The van der Waals surface area contributed by atoms with E-state index in [-0.39, 0.29) is 17.6 Å². The Hall–Kier alpha value is -0.910. The molecule has 1 heterocycles. The fourth-order valence-electron chi connectivity index (χ4n) is 2.18. The molecule has 1 aromatic heterocycles. The summed E-state index contributed by atoms with van der Waals surface area (Å²) >= 11 is 5.27. The van der Waals surface area contributed by atoms with Gasteiger partial charge in [-0.2, -0.15) is 0 Å². The van der Waals surface area contributed by atoms with Crippen molar-refractivity contribution in [1.29, 1.82) is 0 Å². The first-order valence-corrected chi connectivity index (χ1v) is 8.61. The summed E-state index contributed by atoms with van der Waals surface area (Å²) in [6, 6.07) is 7.32. The maximum absolute atomic E-state index is 13.9. The van der Waals surface area contributed by atoms with Crippen LogP contribution in [-0.2, 0) is 6.42 Å². The van der Waals surface area contributed by atoms with Gasteiger partial charge in [0.2, 0.25) is 0 Å². The van der Waals surface area contributed by atoms with Gasteiger partial charge in [-0.25, -0.2) is 4.39 Å². The van der Waals surface area contributed by atoms with Gasteiger partial charge in [0.25, 0.3) is 0 Å². The Balaban J connectivity index is 2.22. The number of benzene rings is 1. The molecule has 0 spiro atoms. The van der Waals surface area contributed by atoms with Crippen molar-refractivity contribution in [2.24, 2.45) is 0 Å². The Kier molecular flexibility index (Phi) is 6.21. The van der Waals surface area contributed by atoms with E-state index < -0.39 is 0 Å². The predicted octanol–water partition coefficient (Wildman–Crippen LogP) is 4.94. The first kappa shape index (κ1) is 16.5. The lowest BCUT2D eigenvalue weighted by Gasteiger charge is -2.19. The highest BCUT2D eigenvalue weighted by atomic mass is 79.9. The maximum atomic E-state index is 13.9. The SMILES string of the molecule is CCCNC(Cc1sccc1Br)c1ccc(OC)c(F)c1. The number of methoxy groups -OCH3 is 1. The largest absolute Gasteiger partial charge is 0.494 e. The van der Waals surface area contributed by atoms with Crippen LogP contribution in [0, 0.1) is 5.82 Å². The van der Waals surface area contributed by atoms with Crippen LogP contribution in [0.5, 0.6) is 5.75 Å². The van der Waals surface area contributed by atoms with Gasteiger partial charge in [0.05, 0.1) is 7.11 Å². The van der Waals surface area contributed by atoms with Crippen molar-refractivity contribution in [3.05, 3.63) is 50.4 Å². The van der Waals surface area contributed by atoms with Crippen LogP contribution in [0.4, 0.5) is 4.39 Å². The monoisotopic (exact) mass is 371 g/mol. The smallest absolute Gasteiger partial charge is 0.165 e. The molecule has 0 amide bonds. The molecule has 1 aromatic carbocycles. The number of halogens is 2. The van der Waals surface area contributed by atoms with Gasteiger partial charge in [0, 0.05) is 21.8 Å². The molecule has 0 aliphatic heterocycles. The van der Waals surface area contributed by atoms with E-state index in [1.54, 1.807) is 23.5 Å². The molecular weight excluding hydrogens is 353 g/mol. The van der Waals surface area contributed by atoms with Gasteiger partial charge in [-0.05, 0) is 58.0 Å². The summed E-state index contributed by atoms with van der Waals surface area (Å²) in [5.41, 5.74) is 0.946. The first-order chi connectivity index (χ1) is 10.2. The van der Waals surface area contributed by atoms with Crippen molar-refractivity contribution in [1.82, 2.24) is 5.32 Å². The fourth-order valence-corrected chi connectivity index (χ4v) is 3.74. The first-order valence-electron chi connectivity index (χ1n) is 6.94. The average molecular weight is 372 g/mol. The van der Waals surface area contributed by atoms with Crippen molar-refractivity contribution in [3.63, 3.8) is 0 Å². The van der Waals surface area contributed by atoms with E-state index >= 15 is 0 Å². The molecular formula is C16H19BrFNOS. The summed E-state index contributed by atoms with van der Waals surface area (Å²) in [5, 5.41) is 5.55. The van der Waals surface area contributed by atoms with E-state index in [4.69, 9.17) is 4.74 Å². The Morgan fingerprint density at radius 2 is 2.19 bits per heavy atom. The van der Waals surface area contributed by atoms with E-state index in [2.05, 4.69) is 33.6 Å². The third-order valence-electron chi connectivity index (χ3n) is 3.30. The highest BCUT2D eigenvalue weighted by Crippen LogP contribution is 2.30. The van der Waals surface area contributed by atoms with E-state index in [0.717, 1.165) is 29.4 Å². The molecule has 1 atom stereocenters. The molecule has 2 aromatic rings. The second-order valence-corrected chi connectivity index (χ2v) is 6.65. The van der Waals surface area contributed by atoms with Crippen LogP contribution < -0.4 is 10.1 Å². The average Bonchev–Trinajstić information content (AvgIpc) is 2.88. The summed E-state index contributed by atoms with van der Waals surface area (Å²) < 4.78 is 20.0. The molecule has 0 saturated heterocycles. The molecule has 1 unspecified atom stereocenters. The normalized spacial score (nSPS) is 12.4. The maximum Gasteiger partial charge on any atom is 0.165 e. The number of thiophene rings is 1. The molecule has 0 saturated carbocycles. The van der Waals surface area contributed by atoms with E-state index in [9.17, 15) is 4.39 Å². The number of nitrogens with one attached hydrogen (secondary N) is 1. The van der Waals surface area contributed by atoms with Crippen LogP contribution >= 0.6 is 27.3 Å². The molecule has 21 heavy (non-hydrogen) atoms. The topological polar surface area (TPSA) is 21.3 Å². The number of hydrogen-bond acceptors (Lipinski definition) is 3. The van der Waals surface area contributed by atoms with Gasteiger partial charge in [0.1, 0.15) is 0 Å². The zero-order valence-electron chi connectivity index (χ0n) is 12.2. The number of rotatable bonds is 7. The van der Waals surface area contributed by atoms with Crippen LogP contribution in [-0.4, -0.2) is 13.7 Å². The van der Waals surface area contributed by atoms with Crippen molar-refractivity contribution in [2.45, 2.75) is 25.8 Å². The Labute approximate surface area is 137 Å². The minimum absolute atomic E-state index is 0.0975. The second-order valence-electron chi connectivity index (χ2n) is 4.80. The van der Waals surface area contributed by atoms with E-state index in [1.807, 2.05) is 12.1 Å². The third-order valence-corrected chi connectivity index (χ3v) is 5.25. The second kappa shape index (κ2) is 7.92. The standard InChI is InChI=1S/C16H19BrFNOS/c1-3-7-19-14(10-16-12(17)6-8-21-16)11-4-5-15(20-2)13(18)9-11/h4-6,8-9,14,19H,3,7,10H2,1-2H3. The molecule has 0 bridgehead atoms. The lowest BCUT2D eigenvalue weighted by Crippen LogP contribution is -2.24. The lowest BCUT2D eigenvalue weighted by molar-refractivity contribution is 0.385. The summed E-state index contributed by atoms with van der Waals surface area (Å²) in [7, 11) is 1.48. The van der Waals surface area contributed by atoms with Crippen molar-refractivity contribution < 1.29 is 9.13 Å².